The smallest absolute Gasteiger partial charge is 0.284 e. The Morgan fingerprint density at radius 3 is 2.60 bits per heavy atom. The number of hydrogen-bond donors (Lipinski definition) is 2. The van der Waals surface area contributed by atoms with E-state index in [4.69, 9.17) is 33.4 Å². The third-order valence-corrected chi connectivity index (χ3v) is 7.22. The summed E-state index contributed by atoms with van der Waals surface area (Å²) in [6.07, 6.45) is -0.798. The zero-order valence-corrected chi connectivity index (χ0v) is 16.9. The SMILES string of the molecule is COC1OC2[C@@H](O1)[C@@H](COS(=O)(=O)CS(=O)(=O)O)O[C@H]2n1cnc2c(N)ncnc21. The fourth-order valence-electron chi connectivity index (χ4n) is 3.22. The lowest BCUT2D eigenvalue weighted by molar-refractivity contribution is -0.256. The van der Waals surface area contributed by atoms with Crippen LogP contribution < -0.4 is 5.73 Å². The van der Waals surface area contributed by atoms with E-state index >= 15 is 0 Å². The van der Waals surface area contributed by atoms with Gasteiger partial charge < -0.3 is 24.7 Å². The molecule has 2 aliphatic heterocycles. The van der Waals surface area contributed by atoms with Crippen LogP contribution in [0.15, 0.2) is 12.7 Å². The van der Waals surface area contributed by atoms with Crippen LogP contribution in [-0.4, -0.2) is 84.5 Å². The van der Waals surface area contributed by atoms with Crippen molar-refractivity contribution >= 4 is 37.2 Å². The lowest BCUT2D eigenvalue weighted by Gasteiger charge is -2.20. The molecule has 0 bridgehead atoms. The van der Waals surface area contributed by atoms with E-state index in [1.165, 1.54) is 24.3 Å². The Balaban J connectivity index is 1.58. The molecule has 4 rings (SSSR count). The predicted molar refractivity (Wildman–Crippen MR) is 95.5 cm³/mol. The number of hydrogen-bond acceptors (Lipinski definition) is 13. The molecule has 0 saturated carbocycles. The van der Waals surface area contributed by atoms with Crippen LogP contribution in [0.25, 0.3) is 11.2 Å². The van der Waals surface area contributed by atoms with E-state index in [-0.39, 0.29) is 5.82 Å². The molecule has 4 heterocycles. The van der Waals surface area contributed by atoms with Crippen LogP contribution >= 0.6 is 0 Å². The molecule has 0 aromatic carbocycles. The monoisotopic (exact) mass is 467 g/mol. The topological polar surface area (TPSA) is 204 Å². The van der Waals surface area contributed by atoms with E-state index in [1.807, 2.05) is 0 Å². The first-order chi connectivity index (χ1) is 14.1. The van der Waals surface area contributed by atoms with Crippen LogP contribution in [0.4, 0.5) is 5.82 Å². The summed E-state index contributed by atoms with van der Waals surface area (Å²) in [5, 5.41) is -1.59. The van der Waals surface area contributed by atoms with Gasteiger partial charge in [0.25, 0.3) is 26.7 Å². The van der Waals surface area contributed by atoms with Gasteiger partial charge in [0.2, 0.25) is 5.08 Å². The minimum absolute atomic E-state index is 0.155. The van der Waals surface area contributed by atoms with Gasteiger partial charge in [-0.2, -0.15) is 16.8 Å². The maximum Gasteiger partial charge on any atom is 0.284 e. The second-order valence-electron chi connectivity index (χ2n) is 6.42. The normalized spacial score (nSPS) is 29.5. The summed E-state index contributed by atoms with van der Waals surface area (Å²) in [5.41, 5.74) is 6.46. The first-order valence-electron chi connectivity index (χ1n) is 8.32. The summed E-state index contributed by atoms with van der Waals surface area (Å²) in [7, 11) is -8.04. The van der Waals surface area contributed by atoms with E-state index in [0.717, 1.165) is 0 Å². The summed E-state index contributed by atoms with van der Waals surface area (Å²) in [5.74, 6) is 0.155. The second-order valence-corrected chi connectivity index (χ2v) is 9.87. The van der Waals surface area contributed by atoms with Crippen molar-refractivity contribution in [2.45, 2.75) is 31.0 Å². The highest BCUT2D eigenvalue weighted by Crippen LogP contribution is 2.40. The first-order valence-corrected chi connectivity index (χ1v) is 11.5. The lowest BCUT2D eigenvalue weighted by Crippen LogP contribution is -2.33. The number of methoxy groups -OCH3 is 1. The maximum atomic E-state index is 11.8. The zero-order valence-electron chi connectivity index (χ0n) is 15.3. The molecular weight excluding hydrogens is 450 g/mol. The molecular formula is C13H17N5O10S2. The maximum absolute atomic E-state index is 11.8. The molecule has 0 aliphatic carbocycles. The predicted octanol–water partition coefficient (Wildman–Crippen LogP) is -1.79. The van der Waals surface area contributed by atoms with E-state index in [1.54, 1.807) is 0 Å². The molecule has 2 aromatic rings. The minimum atomic E-state index is -4.80. The average molecular weight is 467 g/mol. The molecule has 2 aliphatic rings. The van der Waals surface area contributed by atoms with Crippen LogP contribution in [0, 0.1) is 0 Å². The minimum Gasteiger partial charge on any atom is -0.382 e. The molecule has 3 N–H and O–H groups in total. The lowest BCUT2D eigenvalue weighted by atomic mass is 10.1. The number of nitrogens with zero attached hydrogens (tertiary/aromatic N) is 4. The van der Waals surface area contributed by atoms with Crippen molar-refractivity contribution in [1.82, 2.24) is 19.5 Å². The number of ether oxygens (including phenoxy) is 4. The van der Waals surface area contributed by atoms with Gasteiger partial charge >= 0.3 is 0 Å². The van der Waals surface area contributed by atoms with Crippen molar-refractivity contribution in [3.8, 4) is 0 Å². The number of imidazole rings is 1. The van der Waals surface area contributed by atoms with E-state index in [2.05, 4.69) is 15.0 Å². The van der Waals surface area contributed by atoms with Crippen molar-refractivity contribution in [2.75, 3.05) is 24.5 Å². The van der Waals surface area contributed by atoms with Crippen LogP contribution in [0.3, 0.4) is 0 Å². The fourth-order valence-corrected chi connectivity index (χ4v) is 5.29. The van der Waals surface area contributed by atoms with E-state index < -0.39 is 62.9 Å². The number of nitrogens with two attached hydrogens (primary N) is 1. The van der Waals surface area contributed by atoms with Crippen LogP contribution in [0.5, 0.6) is 0 Å². The molecule has 0 radical (unpaired) electrons. The van der Waals surface area contributed by atoms with Gasteiger partial charge in [-0.05, 0) is 0 Å². The van der Waals surface area contributed by atoms with Crippen LogP contribution in [0.2, 0.25) is 0 Å². The van der Waals surface area contributed by atoms with Crippen molar-refractivity contribution in [2.24, 2.45) is 0 Å². The molecule has 0 amide bonds. The molecule has 2 fully saturated rings. The number of fused-ring (bicyclic) bond motifs is 2. The third-order valence-electron chi connectivity index (χ3n) is 4.38. The Labute approximate surface area is 169 Å². The van der Waals surface area contributed by atoms with E-state index in [0.29, 0.717) is 11.2 Å². The van der Waals surface area contributed by atoms with Gasteiger partial charge in [-0.3, -0.25) is 13.3 Å². The van der Waals surface area contributed by atoms with Crippen molar-refractivity contribution in [3.05, 3.63) is 12.7 Å². The highest BCUT2D eigenvalue weighted by atomic mass is 32.3. The quantitative estimate of drug-likeness (QED) is 0.341. The second kappa shape index (κ2) is 7.61. The molecule has 2 saturated heterocycles. The number of aromatic nitrogens is 4. The Morgan fingerprint density at radius 2 is 1.90 bits per heavy atom. The summed E-state index contributed by atoms with van der Waals surface area (Å²) in [6, 6.07) is 0. The summed E-state index contributed by atoms with van der Waals surface area (Å²) >= 11 is 0. The highest BCUT2D eigenvalue weighted by Gasteiger charge is 2.54. The standard InChI is InChI=1S/C13H17N5O10S2/c1-24-13-27-8-6(2-25-30(22,23)5-29(19,20)21)26-12(9(8)28-13)18-4-17-7-10(14)15-3-16-11(7)18/h3-4,6,8-9,12-13H,2,5H2,1H3,(H2,14,15,16)(H,19,20,21)/t6-,8+,9?,12-,13?/m1/s1. The molecule has 30 heavy (non-hydrogen) atoms. The molecule has 0 spiro atoms. The number of nitrogen functional groups attached to an aromatic ring is 1. The van der Waals surface area contributed by atoms with Crippen LogP contribution in [0.1, 0.15) is 6.23 Å². The molecule has 5 atom stereocenters. The van der Waals surface area contributed by atoms with Crippen molar-refractivity contribution in [1.29, 1.82) is 0 Å². The Hall–Kier alpha value is -1.99. The average Bonchev–Trinajstić information content (AvgIpc) is 3.31. The zero-order chi connectivity index (χ0) is 21.7. The van der Waals surface area contributed by atoms with Gasteiger partial charge in [0.1, 0.15) is 30.2 Å². The van der Waals surface area contributed by atoms with Gasteiger partial charge in [-0.25, -0.2) is 15.0 Å². The van der Waals surface area contributed by atoms with Crippen molar-refractivity contribution in [3.63, 3.8) is 0 Å². The van der Waals surface area contributed by atoms with Gasteiger partial charge in [0.15, 0.2) is 17.7 Å². The van der Waals surface area contributed by atoms with Crippen molar-refractivity contribution < 1.29 is 44.5 Å². The Morgan fingerprint density at radius 1 is 1.17 bits per heavy atom. The first kappa shape index (κ1) is 21.2. The summed E-state index contributed by atoms with van der Waals surface area (Å²) < 4.78 is 82.3. The van der Waals surface area contributed by atoms with Gasteiger partial charge in [0.05, 0.1) is 12.9 Å². The summed E-state index contributed by atoms with van der Waals surface area (Å²) in [6.45, 7) is -1.64. The Kier molecular flexibility index (Phi) is 5.39. The van der Waals surface area contributed by atoms with E-state index in [9.17, 15) is 16.8 Å². The third kappa shape index (κ3) is 4.10. The van der Waals surface area contributed by atoms with Gasteiger partial charge in [-0.1, -0.05) is 0 Å². The molecule has 2 aromatic heterocycles. The summed E-state index contributed by atoms with van der Waals surface area (Å²) in [4.78, 5) is 12.1. The van der Waals surface area contributed by atoms with Gasteiger partial charge in [0, 0.05) is 7.11 Å². The highest BCUT2D eigenvalue weighted by molar-refractivity contribution is 8.03. The molecule has 15 nitrogen and oxygen atoms in total. The fraction of sp³-hybridized carbons (Fsp3) is 0.615. The molecule has 166 valence electrons. The molecule has 2 unspecified atom stereocenters. The van der Waals surface area contributed by atoms with Gasteiger partial charge in [-0.15, -0.1) is 0 Å². The van der Waals surface area contributed by atoms with Crippen LogP contribution in [-0.2, 0) is 43.4 Å². The largest absolute Gasteiger partial charge is 0.382 e. The Bertz CT molecular complexity index is 1150. The molecule has 17 heteroatoms. The number of rotatable bonds is 7. The number of anilines is 1.